The second-order valence-electron chi connectivity index (χ2n) is 12.4. The number of phenolic OH excluding ortho intramolecular Hbond substituents is 1. The first kappa shape index (κ1) is 27.2. The number of anilines is 1. The van der Waals surface area contributed by atoms with E-state index in [1.807, 2.05) is 0 Å². The maximum atomic E-state index is 16.7. The van der Waals surface area contributed by atoms with Crippen LogP contribution in [0, 0.1) is 11.6 Å². The minimum absolute atomic E-state index is 0.0132. The van der Waals surface area contributed by atoms with Gasteiger partial charge in [-0.25, -0.2) is 13.2 Å². The van der Waals surface area contributed by atoms with E-state index in [9.17, 15) is 9.50 Å². The number of alkyl halides is 1. The average Bonchev–Trinajstić information content (AvgIpc) is 3.54. The Morgan fingerprint density at radius 3 is 2.70 bits per heavy atom. The van der Waals surface area contributed by atoms with E-state index in [1.54, 1.807) is 24.3 Å². The second kappa shape index (κ2) is 10.1. The molecule has 1 aromatic heterocycles. The summed E-state index contributed by atoms with van der Waals surface area (Å²) in [7, 11) is 0. The first-order chi connectivity index (χ1) is 20.8. The number of aromatic nitrogens is 2. The van der Waals surface area contributed by atoms with E-state index in [0.29, 0.717) is 36.1 Å². The molecule has 0 spiro atoms. The number of aromatic hydroxyl groups is 1. The van der Waals surface area contributed by atoms with Crippen molar-refractivity contribution in [3.05, 3.63) is 53.1 Å². The Labute approximate surface area is 251 Å². The Hall–Kier alpha value is -3.34. The number of benzene rings is 3. The summed E-state index contributed by atoms with van der Waals surface area (Å²) in [5, 5.41) is 15.4. The van der Waals surface area contributed by atoms with Gasteiger partial charge in [0.05, 0.1) is 16.1 Å². The van der Waals surface area contributed by atoms with Gasteiger partial charge in [-0.1, -0.05) is 35.9 Å². The first-order valence-corrected chi connectivity index (χ1v) is 15.3. The average molecular weight is 610 g/mol. The van der Waals surface area contributed by atoms with E-state index in [0.717, 1.165) is 38.8 Å². The van der Waals surface area contributed by atoms with Gasteiger partial charge in [0, 0.05) is 48.9 Å². The molecule has 224 valence electrons. The van der Waals surface area contributed by atoms with Crippen molar-refractivity contribution < 1.29 is 23.0 Å². The molecule has 2 bridgehead atoms. The molecule has 5 aliphatic rings. The van der Waals surface area contributed by atoms with E-state index >= 15 is 8.78 Å². The van der Waals surface area contributed by atoms with Crippen molar-refractivity contribution in [1.29, 1.82) is 0 Å². The molecule has 4 aromatic rings. The number of fused-ring (bicyclic) bond motifs is 6. The van der Waals surface area contributed by atoms with Crippen LogP contribution in [0.4, 0.5) is 19.0 Å². The van der Waals surface area contributed by atoms with Gasteiger partial charge in [0.15, 0.2) is 5.82 Å². The van der Waals surface area contributed by atoms with Gasteiger partial charge in [-0.05, 0) is 55.3 Å². The van der Waals surface area contributed by atoms with Crippen molar-refractivity contribution in [3.63, 3.8) is 0 Å². The van der Waals surface area contributed by atoms with Gasteiger partial charge in [0.25, 0.3) is 0 Å². The van der Waals surface area contributed by atoms with Gasteiger partial charge in [-0.2, -0.15) is 9.97 Å². The quantitative estimate of drug-likeness (QED) is 0.288. The van der Waals surface area contributed by atoms with Crippen LogP contribution < -0.4 is 15.0 Å². The lowest BCUT2D eigenvalue weighted by molar-refractivity contribution is 0.107. The number of nitrogens with zero attached hydrogens (tertiary/aromatic N) is 4. The zero-order valence-corrected chi connectivity index (χ0v) is 24.2. The molecule has 0 amide bonds. The number of nitrogens with one attached hydrogen (secondary N) is 1. The molecule has 5 fully saturated rings. The third-order valence-corrected chi connectivity index (χ3v) is 10.3. The number of halogens is 4. The van der Waals surface area contributed by atoms with Gasteiger partial charge in [0.2, 0.25) is 0 Å². The van der Waals surface area contributed by atoms with Crippen LogP contribution in [0.25, 0.3) is 32.8 Å². The molecule has 43 heavy (non-hydrogen) atoms. The van der Waals surface area contributed by atoms with Crippen molar-refractivity contribution in [3.8, 4) is 22.9 Å². The van der Waals surface area contributed by atoms with Gasteiger partial charge >= 0.3 is 6.01 Å². The summed E-state index contributed by atoms with van der Waals surface area (Å²) < 4.78 is 53.4. The molecular weight excluding hydrogens is 579 g/mol. The van der Waals surface area contributed by atoms with Crippen LogP contribution in [0.2, 0.25) is 5.02 Å². The van der Waals surface area contributed by atoms with Crippen molar-refractivity contribution in [2.45, 2.75) is 55.9 Å². The Bertz CT molecular complexity index is 1770. The van der Waals surface area contributed by atoms with Crippen molar-refractivity contribution in [2.75, 3.05) is 37.7 Å². The third kappa shape index (κ3) is 4.32. The van der Waals surface area contributed by atoms with E-state index in [4.69, 9.17) is 21.3 Å². The van der Waals surface area contributed by atoms with Gasteiger partial charge in [-0.3, -0.25) is 4.90 Å². The molecular formula is C32H31ClF3N5O2. The van der Waals surface area contributed by atoms with Gasteiger partial charge < -0.3 is 20.1 Å². The molecule has 0 saturated carbocycles. The number of rotatable bonds is 5. The van der Waals surface area contributed by atoms with E-state index in [-0.39, 0.29) is 57.5 Å². The molecule has 2 N–H and O–H groups in total. The number of phenols is 1. The fourth-order valence-corrected chi connectivity index (χ4v) is 8.06. The summed E-state index contributed by atoms with van der Waals surface area (Å²) in [6.45, 7) is 2.80. The third-order valence-electron chi connectivity index (χ3n) is 9.92. The fourth-order valence-electron chi connectivity index (χ4n) is 7.84. The standard InChI is InChI=1S/C32H31ClF3N5O2/c33-27-21-5-2-1-4-20(21)22(11-25(27)42)26-24(35)10-23-29(28(26)36)38-31(39-30(23)41-15-18-6-7-19(41)13-37-18)43-16-32-8-3-9-40(32)14-17(34)12-32/h1-2,4-5,10-11,17-19,37,42H,3,6-9,12-16H2/t17-,18-,19?,32+/m1/s1. The highest BCUT2D eigenvalue weighted by molar-refractivity contribution is 6.37. The normalized spacial score (nSPS) is 27.0. The SMILES string of the molecule is Oc1cc(-c2c(F)cc3c(N4C[C@H]5CCC4CN5)nc(OC[C@@]45CCCN4C[C@H](F)C5)nc3c2F)c2ccccc2c1Cl. The van der Waals surface area contributed by atoms with Gasteiger partial charge in [0.1, 0.15) is 35.7 Å². The highest BCUT2D eigenvalue weighted by atomic mass is 35.5. The van der Waals surface area contributed by atoms with Crippen LogP contribution in [-0.2, 0) is 0 Å². The van der Waals surface area contributed by atoms with Crippen molar-refractivity contribution in [2.24, 2.45) is 0 Å². The lowest BCUT2D eigenvalue weighted by Crippen LogP contribution is -2.61. The van der Waals surface area contributed by atoms with Crippen LogP contribution in [0.15, 0.2) is 36.4 Å². The minimum Gasteiger partial charge on any atom is -0.506 e. The largest absolute Gasteiger partial charge is 0.506 e. The molecule has 3 aromatic carbocycles. The Balaban J connectivity index is 1.29. The molecule has 11 heteroatoms. The molecule has 0 aliphatic carbocycles. The molecule has 0 radical (unpaired) electrons. The zero-order valence-electron chi connectivity index (χ0n) is 23.4. The predicted octanol–water partition coefficient (Wildman–Crippen LogP) is 5.98. The Kier molecular flexibility index (Phi) is 6.40. The van der Waals surface area contributed by atoms with Crippen molar-refractivity contribution >= 4 is 39.1 Å². The van der Waals surface area contributed by atoms with E-state index in [2.05, 4.69) is 20.1 Å². The van der Waals surface area contributed by atoms with Crippen LogP contribution >= 0.6 is 11.6 Å². The topological polar surface area (TPSA) is 73.8 Å². The predicted molar refractivity (Wildman–Crippen MR) is 160 cm³/mol. The Morgan fingerprint density at radius 2 is 1.93 bits per heavy atom. The smallest absolute Gasteiger partial charge is 0.319 e. The van der Waals surface area contributed by atoms with Crippen LogP contribution in [-0.4, -0.2) is 76.6 Å². The van der Waals surface area contributed by atoms with Crippen LogP contribution in [0.1, 0.15) is 32.1 Å². The highest BCUT2D eigenvalue weighted by Crippen LogP contribution is 2.44. The lowest BCUT2D eigenvalue weighted by Gasteiger charge is -2.46. The molecule has 7 nitrogen and oxygen atoms in total. The van der Waals surface area contributed by atoms with E-state index < -0.39 is 23.3 Å². The number of hydrogen-bond acceptors (Lipinski definition) is 7. The fraction of sp³-hybridized carbons (Fsp3) is 0.438. The van der Waals surface area contributed by atoms with Gasteiger partial charge in [-0.15, -0.1) is 0 Å². The van der Waals surface area contributed by atoms with Crippen LogP contribution in [0.3, 0.4) is 0 Å². The number of hydrogen-bond donors (Lipinski definition) is 2. The summed E-state index contributed by atoms with van der Waals surface area (Å²) in [4.78, 5) is 13.5. The molecule has 9 rings (SSSR count). The number of piperidine rings is 2. The number of piperazine rings is 1. The Morgan fingerprint density at radius 1 is 1.09 bits per heavy atom. The van der Waals surface area contributed by atoms with Crippen molar-refractivity contribution in [1.82, 2.24) is 20.2 Å². The lowest BCUT2D eigenvalue weighted by atomic mass is 9.92. The van der Waals surface area contributed by atoms with Crippen LogP contribution in [0.5, 0.6) is 11.8 Å². The zero-order chi connectivity index (χ0) is 29.5. The summed E-state index contributed by atoms with van der Waals surface area (Å²) in [6, 6.07) is 9.82. The summed E-state index contributed by atoms with van der Waals surface area (Å²) in [5.41, 5.74) is -0.651. The molecule has 5 saturated heterocycles. The maximum absolute atomic E-state index is 16.7. The molecule has 6 heterocycles. The second-order valence-corrected chi connectivity index (χ2v) is 12.8. The molecule has 5 aliphatic heterocycles. The summed E-state index contributed by atoms with van der Waals surface area (Å²) >= 11 is 6.34. The monoisotopic (exact) mass is 609 g/mol. The number of ether oxygens (including phenoxy) is 1. The first-order valence-electron chi connectivity index (χ1n) is 14.9. The minimum atomic E-state index is -0.915. The maximum Gasteiger partial charge on any atom is 0.319 e. The van der Waals surface area contributed by atoms with E-state index in [1.165, 1.54) is 12.1 Å². The summed E-state index contributed by atoms with van der Waals surface area (Å²) in [6.07, 6.45) is 3.20. The highest BCUT2D eigenvalue weighted by Gasteiger charge is 2.49. The molecule has 4 atom stereocenters. The molecule has 1 unspecified atom stereocenters. The summed E-state index contributed by atoms with van der Waals surface area (Å²) in [5.74, 6) is -1.52.